The number of rotatable bonds is 6. The molecule has 0 spiro atoms. The van der Waals surface area contributed by atoms with Crippen LogP contribution in [0.5, 0.6) is 0 Å². The fraction of sp³-hybridized carbons (Fsp3) is 0.857. The van der Waals surface area contributed by atoms with Crippen molar-refractivity contribution in [1.29, 1.82) is 0 Å². The van der Waals surface area contributed by atoms with Gasteiger partial charge in [-0.05, 0) is 0 Å². The normalized spacial score (nSPS) is 9.30. The molecule has 0 heterocycles. The topological polar surface area (TPSA) is 38.0 Å². The molecule has 0 saturated carbocycles. The average molecular weight is 207 g/mol. The molecule has 2 nitrogen and oxygen atoms in total. The maximum atomic E-state index is 5.36. The molecule has 60 valence electrons. The van der Waals surface area contributed by atoms with Gasteiger partial charge in [0.1, 0.15) is 0 Å². The predicted octanol–water partition coefficient (Wildman–Crippen LogP) is 0.371. The Morgan fingerprint density at radius 3 is 2.60 bits per heavy atom. The molecule has 0 unspecified atom stereocenters. The van der Waals surface area contributed by atoms with E-state index >= 15 is 0 Å². The summed E-state index contributed by atoms with van der Waals surface area (Å²) in [6.07, 6.45) is 5.14. The van der Waals surface area contributed by atoms with Crippen molar-refractivity contribution in [2.24, 2.45) is 5.73 Å². The van der Waals surface area contributed by atoms with Crippen LogP contribution in [0.2, 0.25) is 0 Å². The van der Waals surface area contributed by atoms with E-state index in [1.165, 1.54) is 25.7 Å². The second-order valence-corrected chi connectivity index (χ2v) is 3.27. The molecular formula is C7H16N2Se. The molecule has 0 radical (unpaired) electrons. The van der Waals surface area contributed by atoms with Crippen LogP contribution in [0.4, 0.5) is 0 Å². The third-order valence-electron chi connectivity index (χ3n) is 1.33. The molecule has 0 bridgehead atoms. The van der Waals surface area contributed by atoms with E-state index in [0.717, 1.165) is 6.54 Å². The van der Waals surface area contributed by atoms with E-state index in [1.54, 1.807) is 0 Å². The van der Waals surface area contributed by atoms with Crippen LogP contribution in [-0.2, 0) is 0 Å². The van der Waals surface area contributed by atoms with Gasteiger partial charge in [-0.15, -0.1) is 0 Å². The van der Waals surface area contributed by atoms with Gasteiger partial charge in [0.25, 0.3) is 0 Å². The molecule has 0 aromatic rings. The summed E-state index contributed by atoms with van der Waals surface area (Å²) in [5, 5.41) is 3.04. The number of unbranched alkanes of at least 4 members (excludes halogenated alkanes) is 3. The Morgan fingerprint density at radius 1 is 1.40 bits per heavy atom. The summed E-state index contributed by atoms with van der Waals surface area (Å²) in [7, 11) is 0. The molecule has 3 heteroatoms. The second-order valence-electron chi connectivity index (χ2n) is 2.35. The van der Waals surface area contributed by atoms with Gasteiger partial charge < -0.3 is 0 Å². The molecule has 0 aromatic heterocycles. The Hall–Kier alpha value is -0.0105. The van der Waals surface area contributed by atoms with E-state index < -0.39 is 0 Å². The van der Waals surface area contributed by atoms with Gasteiger partial charge in [0.05, 0.1) is 0 Å². The fourth-order valence-electron chi connectivity index (χ4n) is 0.763. The third kappa shape index (κ3) is 7.99. The first kappa shape index (κ1) is 9.99. The van der Waals surface area contributed by atoms with Crippen LogP contribution >= 0.6 is 0 Å². The molecule has 0 aliphatic carbocycles. The van der Waals surface area contributed by atoms with Crippen molar-refractivity contribution in [2.45, 2.75) is 32.6 Å². The minimum absolute atomic E-state index is 0.705. The van der Waals surface area contributed by atoms with Crippen LogP contribution in [0.25, 0.3) is 0 Å². The first-order valence-electron chi connectivity index (χ1n) is 3.80. The number of hydrogen-bond acceptors (Lipinski definition) is 2. The zero-order chi connectivity index (χ0) is 7.82. The van der Waals surface area contributed by atoms with Gasteiger partial charge in [0.15, 0.2) is 0 Å². The monoisotopic (exact) mass is 208 g/mol. The van der Waals surface area contributed by atoms with Crippen molar-refractivity contribution in [3.63, 3.8) is 0 Å². The Kier molecular flexibility index (Phi) is 7.09. The van der Waals surface area contributed by atoms with Gasteiger partial charge in [0, 0.05) is 0 Å². The number of nitrogens with two attached hydrogens (primary N) is 1. The Labute approximate surface area is 70.9 Å². The van der Waals surface area contributed by atoms with Crippen molar-refractivity contribution in [3.8, 4) is 0 Å². The van der Waals surface area contributed by atoms with E-state index in [0.29, 0.717) is 4.67 Å². The zero-order valence-corrected chi connectivity index (χ0v) is 8.23. The summed E-state index contributed by atoms with van der Waals surface area (Å²) < 4.78 is 0.705. The number of hydrogen-bond donors (Lipinski definition) is 2. The van der Waals surface area contributed by atoms with Gasteiger partial charge in [-0.3, -0.25) is 0 Å². The van der Waals surface area contributed by atoms with Crippen LogP contribution in [0.15, 0.2) is 0 Å². The molecule has 10 heavy (non-hydrogen) atoms. The van der Waals surface area contributed by atoms with Gasteiger partial charge in [-0.1, -0.05) is 0 Å². The summed E-state index contributed by atoms with van der Waals surface area (Å²) in [6, 6.07) is 0. The van der Waals surface area contributed by atoms with Crippen molar-refractivity contribution >= 4 is 20.2 Å². The molecular weight excluding hydrogens is 191 g/mol. The standard InChI is InChI=1S/C7H16N2Se/c1-2-3-4-5-6-9-7(8)10/h2-6H2,1H3,(H3,8,9,10). The molecule has 0 aliphatic rings. The summed E-state index contributed by atoms with van der Waals surface area (Å²) in [5.74, 6) is 0. The average Bonchev–Trinajstić information content (AvgIpc) is 1.87. The predicted molar refractivity (Wildman–Crippen MR) is 47.1 cm³/mol. The van der Waals surface area contributed by atoms with E-state index in [9.17, 15) is 0 Å². The second kappa shape index (κ2) is 7.10. The number of nitrogens with one attached hydrogen (secondary N) is 1. The van der Waals surface area contributed by atoms with E-state index in [2.05, 4.69) is 27.8 Å². The van der Waals surface area contributed by atoms with E-state index in [4.69, 9.17) is 5.73 Å². The van der Waals surface area contributed by atoms with Gasteiger partial charge >= 0.3 is 70.4 Å². The molecule has 0 saturated heterocycles. The first-order valence-corrected chi connectivity index (χ1v) is 4.66. The van der Waals surface area contributed by atoms with Crippen LogP contribution in [0.3, 0.4) is 0 Å². The van der Waals surface area contributed by atoms with Crippen molar-refractivity contribution < 1.29 is 0 Å². The van der Waals surface area contributed by atoms with Gasteiger partial charge in [-0.2, -0.15) is 0 Å². The SMILES string of the molecule is CCCCCCNC(N)=[Se]. The molecule has 0 aliphatic heterocycles. The molecule has 0 atom stereocenters. The van der Waals surface area contributed by atoms with E-state index in [-0.39, 0.29) is 0 Å². The Bertz CT molecular complexity index is 93.6. The quantitative estimate of drug-likeness (QED) is 0.488. The Balaban J connectivity index is 2.84. The van der Waals surface area contributed by atoms with Crippen molar-refractivity contribution in [3.05, 3.63) is 0 Å². The van der Waals surface area contributed by atoms with Gasteiger partial charge in [-0.25, -0.2) is 0 Å². The van der Waals surface area contributed by atoms with E-state index in [1.807, 2.05) is 0 Å². The van der Waals surface area contributed by atoms with Crippen molar-refractivity contribution in [2.75, 3.05) is 6.54 Å². The molecule has 0 rings (SSSR count). The Morgan fingerprint density at radius 2 is 2.10 bits per heavy atom. The van der Waals surface area contributed by atoms with Gasteiger partial charge in [0.2, 0.25) is 0 Å². The first-order chi connectivity index (χ1) is 4.77. The summed E-state index contributed by atoms with van der Waals surface area (Å²) in [6.45, 7) is 3.21. The molecule has 0 amide bonds. The fourth-order valence-corrected chi connectivity index (χ4v) is 0.977. The third-order valence-corrected chi connectivity index (χ3v) is 1.63. The van der Waals surface area contributed by atoms with Crippen LogP contribution in [0.1, 0.15) is 32.6 Å². The van der Waals surface area contributed by atoms with Crippen LogP contribution < -0.4 is 11.1 Å². The summed E-state index contributed by atoms with van der Waals surface area (Å²) >= 11 is 2.71. The maximum absolute atomic E-state index is 5.36. The molecule has 0 fully saturated rings. The van der Waals surface area contributed by atoms with Crippen LogP contribution in [0, 0.1) is 0 Å². The molecule has 3 N–H and O–H groups in total. The zero-order valence-electron chi connectivity index (χ0n) is 6.52. The molecule has 0 aromatic carbocycles. The minimum atomic E-state index is 0.705. The van der Waals surface area contributed by atoms with Crippen molar-refractivity contribution in [1.82, 2.24) is 5.32 Å². The summed E-state index contributed by atoms with van der Waals surface area (Å²) in [5.41, 5.74) is 5.36. The van der Waals surface area contributed by atoms with Crippen LogP contribution in [-0.4, -0.2) is 26.8 Å². The summed E-state index contributed by atoms with van der Waals surface area (Å²) in [4.78, 5) is 0.